The van der Waals surface area contributed by atoms with Gasteiger partial charge in [0.2, 0.25) is 0 Å². The molecule has 7 nitrogen and oxygen atoms in total. The minimum atomic E-state index is -0.550. The molecule has 1 aliphatic heterocycles. The number of benzene rings is 1. The molecule has 1 aliphatic rings. The highest BCUT2D eigenvalue weighted by Crippen LogP contribution is 2.21. The lowest BCUT2D eigenvalue weighted by atomic mass is 9.99. The van der Waals surface area contributed by atoms with Crippen molar-refractivity contribution in [2.24, 2.45) is 13.0 Å². The number of para-hydroxylation sites is 1. The maximum absolute atomic E-state index is 13.0. The highest BCUT2D eigenvalue weighted by atomic mass is 16.2. The zero-order valence-electron chi connectivity index (χ0n) is 15.4. The van der Waals surface area contributed by atoms with Crippen LogP contribution in [0.15, 0.2) is 46.1 Å². The van der Waals surface area contributed by atoms with E-state index in [1.54, 1.807) is 47.0 Å². The largest absolute Gasteiger partial charge is 0.344 e. The van der Waals surface area contributed by atoms with Crippen LogP contribution in [0.5, 0.6) is 0 Å². The van der Waals surface area contributed by atoms with Crippen molar-refractivity contribution in [1.82, 2.24) is 19.0 Å². The Bertz CT molecular complexity index is 1120. The molecule has 1 fully saturated rings. The summed E-state index contributed by atoms with van der Waals surface area (Å²) in [4.78, 5) is 43.2. The maximum atomic E-state index is 13.0. The van der Waals surface area contributed by atoms with Gasteiger partial charge in [0.25, 0.3) is 11.5 Å². The molecule has 1 saturated heterocycles. The fraction of sp³-hybridized carbons (Fsp3) is 0.350. The maximum Gasteiger partial charge on any atom is 0.333 e. The summed E-state index contributed by atoms with van der Waals surface area (Å²) in [6.45, 7) is 3.58. The molecule has 3 aromatic rings. The summed E-state index contributed by atoms with van der Waals surface area (Å²) in [6, 6.07) is 8.75. The summed E-state index contributed by atoms with van der Waals surface area (Å²) in [6.07, 6.45) is 3.57. The van der Waals surface area contributed by atoms with Crippen LogP contribution in [0.25, 0.3) is 16.7 Å². The Kier molecular flexibility index (Phi) is 4.22. The average Bonchev–Trinajstić information content (AvgIpc) is 2.99. The van der Waals surface area contributed by atoms with Crippen LogP contribution < -0.4 is 11.2 Å². The van der Waals surface area contributed by atoms with Crippen molar-refractivity contribution in [2.45, 2.75) is 19.8 Å². The molecule has 7 heteroatoms. The molecule has 1 amide bonds. The quantitative estimate of drug-likeness (QED) is 0.752. The summed E-state index contributed by atoms with van der Waals surface area (Å²) in [7, 11) is 1.71. The van der Waals surface area contributed by atoms with E-state index in [0.717, 1.165) is 17.4 Å². The molecular formula is C20H22N4O3. The van der Waals surface area contributed by atoms with E-state index < -0.39 is 11.2 Å². The minimum absolute atomic E-state index is 0.139. The van der Waals surface area contributed by atoms with Gasteiger partial charge in [-0.1, -0.05) is 25.1 Å². The lowest BCUT2D eigenvalue weighted by molar-refractivity contribution is 0.0699. The number of fused-ring (bicyclic) bond motifs is 1. The number of nitrogens with zero attached hydrogens (tertiary/aromatic N) is 3. The van der Waals surface area contributed by atoms with Gasteiger partial charge in [-0.3, -0.25) is 9.59 Å². The van der Waals surface area contributed by atoms with Crippen molar-refractivity contribution in [1.29, 1.82) is 0 Å². The number of nitrogens with one attached hydrogen (secondary N) is 1. The van der Waals surface area contributed by atoms with Gasteiger partial charge in [-0.05, 0) is 30.9 Å². The number of likely N-dealkylation sites (tertiary alicyclic amines) is 1. The Hall–Kier alpha value is -3.09. The Morgan fingerprint density at radius 2 is 1.78 bits per heavy atom. The second kappa shape index (κ2) is 6.57. The van der Waals surface area contributed by atoms with Crippen molar-refractivity contribution in [2.75, 3.05) is 13.1 Å². The number of carbonyl (C=O) groups excluding carboxylic acids is 1. The molecule has 0 atom stereocenters. The first-order valence-electron chi connectivity index (χ1n) is 9.16. The van der Waals surface area contributed by atoms with E-state index >= 15 is 0 Å². The van der Waals surface area contributed by atoms with Crippen molar-refractivity contribution in [3.63, 3.8) is 0 Å². The fourth-order valence-electron chi connectivity index (χ4n) is 3.73. The van der Waals surface area contributed by atoms with Crippen LogP contribution in [0.4, 0.5) is 0 Å². The molecule has 140 valence electrons. The van der Waals surface area contributed by atoms with Gasteiger partial charge in [0.1, 0.15) is 5.52 Å². The third-order valence-corrected chi connectivity index (χ3v) is 5.34. The number of aromatic nitrogens is 3. The molecule has 3 heterocycles. The smallest absolute Gasteiger partial charge is 0.333 e. The molecule has 2 aromatic heterocycles. The molecule has 0 bridgehead atoms. The van der Waals surface area contributed by atoms with Gasteiger partial charge in [0.15, 0.2) is 0 Å². The molecular weight excluding hydrogens is 344 g/mol. The van der Waals surface area contributed by atoms with Crippen molar-refractivity contribution >= 4 is 16.9 Å². The molecule has 0 radical (unpaired) electrons. The van der Waals surface area contributed by atoms with Gasteiger partial charge in [0, 0.05) is 26.3 Å². The molecule has 1 N–H and O–H groups in total. The molecule has 4 rings (SSSR count). The zero-order chi connectivity index (χ0) is 19.1. The van der Waals surface area contributed by atoms with E-state index in [4.69, 9.17) is 0 Å². The summed E-state index contributed by atoms with van der Waals surface area (Å²) >= 11 is 0. The predicted octanol–water partition coefficient (Wildman–Crippen LogP) is 1.89. The number of aromatic amines is 1. The van der Waals surface area contributed by atoms with Crippen molar-refractivity contribution in [3.8, 4) is 5.69 Å². The predicted molar refractivity (Wildman–Crippen MR) is 103 cm³/mol. The topological polar surface area (TPSA) is 80.1 Å². The molecule has 1 aromatic carbocycles. The third kappa shape index (κ3) is 2.89. The average molecular weight is 366 g/mol. The first-order valence-corrected chi connectivity index (χ1v) is 9.16. The molecule has 0 aliphatic carbocycles. The number of piperidine rings is 1. The van der Waals surface area contributed by atoms with Crippen LogP contribution in [0.3, 0.4) is 0 Å². The summed E-state index contributed by atoms with van der Waals surface area (Å²) < 4.78 is 2.71. The summed E-state index contributed by atoms with van der Waals surface area (Å²) in [5.41, 5.74) is 0.497. The number of aryl methyl sites for hydroxylation is 1. The zero-order valence-corrected chi connectivity index (χ0v) is 15.4. The van der Waals surface area contributed by atoms with Crippen LogP contribution in [0.1, 0.15) is 30.1 Å². The van der Waals surface area contributed by atoms with Gasteiger partial charge in [-0.2, -0.15) is 0 Å². The van der Waals surface area contributed by atoms with Gasteiger partial charge in [-0.15, -0.1) is 0 Å². The minimum Gasteiger partial charge on any atom is -0.344 e. The molecule has 0 unspecified atom stereocenters. The highest BCUT2D eigenvalue weighted by Gasteiger charge is 2.26. The monoisotopic (exact) mass is 366 g/mol. The highest BCUT2D eigenvalue weighted by molar-refractivity contribution is 6.05. The summed E-state index contributed by atoms with van der Waals surface area (Å²) in [5.74, 6) is 0.472. The van der Waals surface area contributed by atoms with E-state index in [2.05, 4.69) is 11.9 Å². The molecule has 0 spiro atoms. The molecule has 27 heavy (non-hydrogen) atoms. The lowest BCUT2D eigenvalue weighted by Gasteiger charge is -2.30. The van der Waals surface area contributed by atoms with E-state index in [0.29, 0.717) is 41.3 Å². The Morgan fingerprint density at radius 1 is 1.11 bits per heavy atom. The summed E-state index contributed by atoms with van der Waals surface area (Å²) in [5, 5.41) is 0. The number of H-pyrrole nitrogens is 1. The van der Waals surface area contributed by atoms with Crippen LogP contribution in [0, 0.1) is 5.92 Å². The van der Waals surface area contributed by atoms with Gasteiger partial charge < -0.3 is 14.5 Å². The van der Waals surface area contributed by atoms with Crippen LogP contribution in [-0.4, -0.2) is 38.0 Å². The van der Waals surface area contributed by atoms with Crippen molar-refractivity contribution < 1.29 is 4.79 Å². The first kappa shape index (κ1) is 17.3. The van der Waals surface area contributed by atoms with E-state index in [-0.39, 0.29) is 5.91 Å². The van der Waals surface area contributed by atoms with Crippen LogP contribution >= 0.6 is 0 Å². The standard InChI is InChI=1S/C20H22N4O3/c1-13-8-10-23(11-9-13)18(25)15-12-22(2)17-16(15)21-20(27)24(19(17)26)14-6-4-3-5-7-14/h3-7,12-13H,8-11H2,1-2H3,(H,21,27). The van der Waals surface area contributed by atoms with E-state index in [1.165, 1.54) is 0 Å². The van der Waals surface area contributed by atoms with E-state index in [1.807, 2.05) is 6.07 Å². The molecule has 0 saturated carbocycles. The van der Waals surface area contributed by atoms with E-state index in [9.17, 15) is 14.4 Å². The SMILES string of the molecule is CC1CCN(C(=O)c2cn(C)c3c(=O)n(-c4ccccc4)c(=O)[nH]c23)CC1. The number of amides is 1. The van der Waals surface area contributed by atoms with Gasteiger partial charge in [-0.25, -0.2) is 9.36 Å². The third-order valence-electron chi connectivity index (χ3n) is 5.34. The second-order valence-electron chi connectivity index (χ2n) is 7.26. The van der Waals surface area contributed by atoms with Gasteiger partial charge in [0.05, 0.1) is 16.8 Å². The number of hydrogen-bond acceptors (Lipinski definition) is 3. The second-order valence-corrected chi connectivity index (χ2v) is 7.26. The Morgan fingerprint density at radius 3 is 2.44 bits per heavy atom. The van der Waals surface area contributed by atoms with Crippen LogP contribution in [-0.2, 0) is 7.05 Å². The normalized spacial score (nSPS) is 15.4. The number of rotatable bonds is 2. The lowest BCUT2D eigenvalue weighted by Crippen LogP contribution is -2.38. The first-order chi connectivity index (χ1) is 13.0. The van der Waals surface area contributed by atoms with Gasteiger partial charge >= 0.3 is 5.69 Å². The Balaban J connectivity index is 1.85. The fourth-order valence-corrected chi connectivity index (χ4v) is 3.73. The number of carbonyl (C=O) groups is 1. The van der Waals surface area contributed by atoms with Crippen LogP contribution in [0.2, 0.25) is 0 Å². The van der Waals surface area contributed by atoms with Crippen molar-refractivity contribution in [3.05, 3.63) is 62.9 Å². The Labute approximate surface area is 155 Å². The number of hydrogen-bond donors (Lipinski definition) is 1.